The molecule has 1 aliphatic heterocycles. The van der Waals surface area contributed by atoms with Crippen LogP contribution in [0.25, 0.3) is 0 Å². The number of amides is 1. The Bertz CT molecular complexity index is 163. The molecule has 0 aromatic rings. The molecule has 0 bridgehead atoms. The minimum absolute atomic E-state index is 0.139. The molecule has 0 aliphatic carbocycles. The van der Waals surface area contributed by atoms with Gasteiger partial charge < -0.3 is 0 Å². The summed E-state index contributed by atoms with van der Waals surface area (Å²) < 4.78 is 10.2. The summed E-state index contributed by atoms with van der Waals surface area (Å²) in [4.78, 5) is 10.9. The van der Waals surface area contributed by atoms with Crippen LogP contribution in [-0.2, 0) is 9.53 Å². The van der Waals surface area contributed by atoms with E-state index in [4.69, 9.17) is 4.74 Å². The number of ether oxygens (including phenoxy) is 1. The van der Waals surface area contributed by atoms with Gasteiger partial charge in [0, 0.05) is 0 Å². The molecule has 3 nitrogen and oxygen atoms in total. The quantitative estimate of drug-likeness (QED) is 0.810. The van der Waals surface area contributed by atoms with E-state index in [1.807, 2.05) is 0 Å². The van der Waals surface area contributed by atoms with Crippen molar-refractivity contribution in [1.82, 2.24) is 3.30 Å². The molecule has 1 fully saturated rings. The molecular weight excluding hydrogens is 257 g/mol. The van der Waals surface area contributed by atoms with Crippen molar-refractivity contribution in [3.05, 3.63) is 0 Å². The predicted octanol–water partition coefficient (Wildman–Crippen LogP) is 0.852. The van der Waals surface area contributed by atoms with Gasteiger partial charge in [-0.15, -0.1) is 0 Å². The topological polar surface area (TPSA) is 38.3 Å². The molecule has 1 heterocycles. The SMILES string of the molecule is CO[CH]1CCC[CH2][In]1[NH]C(C)=O. The summed E-state index contributed by atoms with van der Waals surface area (Å²) in [7, 11) is 1.77. The first-order valence-electron chi connectivity index (χ1n) is 4.54. The molecule has 0 radical (unpaired) electrons. The van der Waals surface area contributed by atoms with Crippen LogP contribution in [0.3, 0.4) is 0 Å². The maximum absolute atomic E-state index is 10.9. The van der Waals surface area contributed by atoms with E-state index in [1.54, 1.807) is 14.0 Å². The van der Waals surface area contributed by atoms with Crippen molar-refractivity contribution in [3.63, 3.8) is 0 Å². The van der Waals surface area contributed by atoms with Gasteiger partial charge in [-0.2, -0.15) is 0 Å². The molecule has 1 saturated heterocycles. The minimum atomic E-state index is -1.82. The Morgan fingerprint density at radius 2 is 2.33 bits per heavy atom. The number of hydrogen-bond donors (Lipinski definition) is 1. The molecule has 0 saturated carbocycles. The summed E-state index contributed by atoms with van der Waals surface area (Å²) in [6.07, 6.45) is 3.73. The number of carbonyl (C=O) groups is 1. The van der Waals surface area contributed by atoms with E-state index in [9.17, 15) is 4.79 Å². The molecule has 12 heavy (non-hydrogen) atoms. The van der Waals surface area contributed by atoms with Gasteiger partial charge in [0.1, 0.15) is 0 Å². The Morgan fingerprint density at radius 1 is 1.58 bits per heavy atom. The zero-order valence-corrected chi connectivity index (χ0v) is 11.1. The second-order valence-corrected chi connectivity index (χ2v) is 11.4. The fraction of sp³-hybridized carbons (Fsp3) is 0.875. The zero-order valence-electron chi connectivity index (χ0n) is 7.80. The number of rotatable bonds is 2. The molecular formula is C8H16InNO2. The summed E-state index contributed by atoms with van der Waals surface area (Å²) in [6, 6.07) is 0. The van der Waals surface area contributed by atoms with Crippen molar-refractivity contribution in [3.8, 4) is 0 Å². The maximum atomic E-state index is 10.9. The van der Waals surface area contributed by atoms with Gasteiger partial charge in [0.25, 0.3) is 0 Å². The fourth-order valence-electron chi connectivity index (χ4n) is 1.81. The van der Waals surface area contributed by atoms with Crippen LogP contribution in [0.15, 0.2) is 0 Å². The van der Waals surface area contributed by atoms with Gasteiger partial charge >= 0.3 is 81.8 Å². The van der Waals surface area contributed by atoms with Crippen LogP contribution in [0.1, 0.15) is 26.2 Å². The Hall–Kier alpha value is 0.300. The van der Waals surface area contributed by atoms with Gasteiger partial charge in [-0.25, -0.2) is 0 Å². The van der Waals surface area contributed by atoms with Crippen molar-refractivity contribution in [1.29, 1.82) is 0 Å². The summed E-state index contributed by atoms with van der Waals surface area (Å²) in [5.74, 6) is 0.139. The number of hydrogen-bond acceptors (Lipinski definition) is 2. The Morgan fingerprint density at radius 3 is 2.92 bits per heavy atom. The molecule has 1 unspecified atom stereocenters. The summed E-state index contributed by atoms with van der Waals surface area (Å²) in [5.41, 5.74) is 0. The Balaban J connectivity index is 2.41. The predicted molar refractivity (Wildman–Crippen MR) is 49.0 cm³/mol. The molecule has 1 amide bonds. The van der Waals surface area contributed by atoms with Crippen molar-refractivity contribution in [2.75, 3.05) is 7.11 Å². The molecule has 1 rings (SSSR count). The standard InChI is InChI=1S/C6H12O.C2H5NO.In/c1-3-4-5-6-7-2;1-2(3)4;/h6H,1,3-5H2,2H3;1H3,(H2,3,4);/q;;+1/p-1. The first-order chi connectivity index (χ1) is 5.74. The summed E-state index contributed by atoms with van der Waals surface area (Å²) in [6.45, 7) is 1.61. The number of nitrogens with one attached hydrogen (secondary N) is 1. The van der Waals surface area contributed by atoms with Crippen LogP contribution in [0, 0.1) is 0 Å². The van der Waals surface area contributed by atoms with Crippen molar-refractivity contribution in [2.45, 2.75) is 34.2 Å². The third-order valence-electron chi connectivity index (χ3n) is 2.39. The van der Waals surface area contributed by atoms with Gasteiger partial charge in [0.2, 0.25) is 0 Å². The molecule has 1 atom stereocenters. The van der Waals surface area contributed by atoms with Gasteiger partial charge in [-0.1, -0.05) is 0 Å². The summed E-state index contributed by atoms with van der Waals surface area (Å²) >= 11 is -1.82. The van der Waals surface area contributed by atoms with E-state index >= 15 is 0 Å². The molecule has 1 N–H and O–H groups in total. The Labute approximate surface area is 81.8 Å². The van der Waals surface area contributed by atoms with Gasteiger partial charge in [0.05, 0.1) is 0 Å². The van der Waals surface area contributed by atoms with Crippen LogP contribution in [0.2, 0.25) is 4.18 Å². The zero-order chi connectivity index (χ0) is 8.97. The van der Waals surface area contributed by atoms with E-state index in [-0.39, 0.29) is 5.91 Å². The van der Waals surface area contributed by atoms with Crippen LogP contribution in [0.4, 0.5) is 0 Å². The van der Waals surface area contributed by atoms with E-state index in [2.05, 4.69) is 3.30 Å². The van der Waals surface area contributed by atoms with Crippen molar-refractivity contribution < 1.29 is 9.53 Å². The normalized spacial score (nSPS) is 23.8. The molecule has 0 aromatic heterocycles. The third kappa shape index (κ3) is 2.98. The molecule has 0 aromatic carbocycles. The monoisotopic (exact) mass is 273 g/mol. The van der Waals surface area contributed by atoms with E-state index < -0.39 is 21.7 Å². The van der Waals surface area contributed by atoms with Crippen LogP contribution < -0.4 is 3.30 Å². The van der Waals surface area contributed by atoms with Gasteiger partial charge in [-0.3, -0.25) is 0 Å². The van der Waals surface area contributed by atoms with Gasteiger partial charge in [0.15, 0.2) is 0 Å². The number of carbonyl (C=O) groups excluding carboxylic acids is 1. The second-order valence-electron chi connectivity index (χ2n) is 3.37. The average molecular weight is 273 g/mol. The second kappa shape index (κ2) is 5.12. The van der Waals surface area contributed by atoms with E-state index in [0.717, 1.165) is 6.42 Å². The van der Waals surface area contributed by atoms with E-state index in [0.29, 0.717) is 3.86 Å². The van der Waals surface area contributed by atoms with Crippen molar-refractivity contribution >= 4 is 27.6 Å². The van der Waals surface area contributed by atoms with Crippen LogP contribution in [-0.4, -0.2) is 38.6 Å². The molecule has 4 heteroatoms. The summed E-state index contributed by atoms with van der Waals surface area (Å²) in [5, 5.41) is 0. The van der Waals surface area contributed by atoms with E-state index in [1.165, 1.54) is 17.0 Å². The van der Waals surface area contributed by atoms with Crippen LogP contribution >= 0.6 is 0 Å². The first-order valence-corrected chi connectivity index (χ1v) is 10.4. The third-order valence-corrected chi connectivity index (χ3v) is 11.8. The Kier molecular flexibility index (Phi) is 4.43. The van der Waals surface area contributed by atoms with Gasteiger partial charge in [-0.05, 0) is 0 Å². The van der Waals surface area contributed by atoms with Crippen molar-refractivity contribution in [2.24, 2.45) is 0 Å². The molecule has 68 valence electrons. The number of methoxy groups -OCH3 is 1. The van der Waals surface area contributed by atoms with Crippen LogP contribution in [0.5, 0.6) is 0 Å². The fourth-order valence-corrected chi connectivity index (χ4v) is 10.1. The molecule has 1 aliphatic rings. The first kappa shape index (κ1) is 10.4. The molecule has 0 spiro atoms. The average Bonchev–Trinajstić information content (AvgIpc) is 2.04.